The number of halogens is 1. The first-order valence-corrected chi connectivity index (χ1v) is 9.02. The Morgan fingerprint density at radius 2 is 2.00 bits per heavy atom. The molecule has 0 N–H and O–H groups in total. The number of likely N-dealkylation sites (tertiary alicyclic amines) is 1. The van der Waals surface area contributed by atoms with Gasteiger partial charge in [-0.05, 0) is 37.0 Å². The monoisotopic (exact) mass is 375 g/mol. The molecule has 0 spiro atoms. The minimum atomic E-state index is -0.187. The molecule has 0 unspecified atom stereocenters. The number of methoxy groups -OCH3 is 1. The minimum absolute atomic E-state index is 0.0372. The molecule has 1 aliphatic rings. The number of ether oxygens (including phenoxy) is 1. The fourth-order valence-electron chi connectivity index (χ4n) is 3.28. The van der Waals surface area contributed by atoms with Crippen LogP contribution in [0.4, 0.5) is 0 Å². The number of carbonyl (C=O) groups is 2. The third kappa shape index (κ3) is 4.07. The topological polar surface area (TPSA) is 64.4 Å². The van der Waals surface area contributed by atoms with E-state index >= 15 is 0 Å². The van der Waals surface area contributed by atoms with Crippen LogP contribution in [0, 0.1) is 5.92 Å². The van der Waals surface area contributed by atoms with Crippen LogP contribution in [0.25, 0.3) is 11.3 Å². The van der Waals surface area contributed by atoms with Crippen molar-refractivity contribution in [2.75, 3.05) is 20.2 Å². The van der Waals surface area contributed by atoms with Crippen LogP contribution in [0.1, 0.15) is 29.8 Å². The van der Waals surface area contributed by atoms with Gasteiger partial charge in [-0.3, -0.25) is 14.3 Å². The Labute approximate surface area is 157 Å². The molecule has 1 aromatic heterocycles. The van der Waals surface area contributed by atoms with Gasteiger partial charge in [-0.15, -0.1) is 0 Å². The van der Waals surface area contributed by atoms with Gasteiger partial charge < -0.3 is 9.64 Å². The summed E-state index contributed by atoms with van der Waals surface area (Å²) < 4.78 is 6.34. The maximum Gasteiger partial charge on any atom is 0.305 e. The molecule has 2 aromatic rings. The SMILES string of the molecule is COC(=O)CC1CCN(C(=O)c2cc(-c3cccc(Cl)c3)nn2C)CC1. The van der Waals surface area contributed by atoms with Crippen LogP contribution >= 0.6 is 11.6 Å². The summed E-state index contributed by atoms with van der Waals surface area (Å²) >= 11 is 6.04. The highest BCUT2D eigenvalue weighted by Gasteiger charge is 2.27. The zero-order valence-electron chi connectivity index (χ0n) is 14.9. The molecule has 26 heavy (non-hydrogen) atoms. The molecule has 1 aromatic carbocycles. The van der Waals surface area contributed by atoms with Crippen molar-refractivity contribution < 1.29 is 14.3 Å². The Morgan fingerprint density at radius 1 is 1.27 bits per heavy atom. The number of aryl methyl sites for hydroxylation is 1. The molecule has 0 bridgehead atoms. The molecular weight excluding hydrogens is 354 g/mol. The van der Waals surface area contributed by atoms with Crippen LogP contribution in [0.5, 0.6) is 0 Å². The summed E-state index contributed by atoms with van der Waals surface area (Å²) in [6.07, 6.45) is 2.03. The first-order chi connectivity index (χ1) is 12.5. The number of benzene rings is 1. The van der Waals surface area contributed by atoms with E-state index in [1.807, 2.05) is 23.1 Å². The van der Waals surface area contributed by atoms with Crippen molar-refractivity contribution in [1.29, 1.82) is 0 Å². The van der Waals surface area contributed by atoms with E-state index in [0.29, 0.717) is 30.2 Å². The molecule has 1 fully saturated rings. The first-order valence-electron chi connectivity index (χ1n) is 8.64. The Kier molecular flexibility index (Phi) is 5.61. The third-order valence-electron chi connectivity index (χ3n) is 4.80. The lowest BCUT2D eigenvalue weighted by molar-refractivity contribution is -0.142. The zero-order valence-corrected chi connectivity index (χ0v) is 15.7. The molecule has 1 amide bonds. The molecular formula is C19H22ClN3O3. The molecule has 1 saturated heterocycles. The number of nitrogens with zero attached hydrogens (tertiary/aromatic N) is 3. The summed E-state index contributed by atoms with van der Waals surface area (Å²) in [5.41, 5.74) is 2.15. The van der Waals surface area contributed by atoms with Gasteiger partial charge in [-0.2, -0.15) is 5.10 Å². The number of esters is 1. The first kappa shape index (κ1) is 18.5. The fraction of sp³-hybridized carbons (Fsp3) is 0.421. The number of carbonyl (C=O) groups excluding carboxylic acids is 2. The van der Waals surface area contributed by atoms with Gasteiger partial charge >= 0.3 is 5.97 Å². The number of hydrogen-bond acceptors (Lipinski definition) is 4. The van der Waals surface area contributed by atoms with Gasteiger partial charge in [0, 0.05) is 37.1 Å². The summed E-state index contributed by atoms with van der Waals surface area (Å²) in [7, 11) is 3.17. The molecule has 138 valence electrons. The van der Waals surface area contributed by atoms with Crippen LogP contribution in [-0.2, 0) is 16.6 Å². The van der Waals surface area contributed by atoms with Crippen LogP contribution in [0.3, 0.4) is 0 Å². The van der Waals surface area contributed by atoms with E-state index in [4.69, 9.17) is 16.3 Å². The second-order valence-electron chi connectivity index (χ2n) is 6.56. The van der Waals surface area contributed by atoms with E-state index in [1.54, 1.807) is 23.9 Å². The summed E-state index contributed by atoms with van der Waals surface area (Å²) in [5.74, 6) is 0.0532. The number of hydrogen-bond donors (Lipinski definition) is 0. The quantitative estimate of drug-likeness (QED) is 0.770. The number of rotatable bonds is 4. The number of piperidine rings is 1. The molecule has 3 rings (SSSR count). The lowest BCUT2D eigenvalue weighted by Crippen LogP contribution is -2.39. The fourth-order valence-corrected chi connectivity index (χ4v) is 3.47. The minimum Gasteiger partial charge on any atom is -0.469 e. The zero-order chi connectivity index (χ0) is 18.7. The van der Waals surface area contributed by atoms with Crippen molar-refractivity contribution in [1.82, 2.24) is 14.7 Å². The van der Waals surface area contributed by atoms with Gasteiger partial charge in [0.05, 0.1) is 12.8 Å². The van der Waals surface area contributed by atoms with Crippen LogP contribution in [-0.4, -0.2) is 46.8 Å². The number of aromatic nitrogens is 2. The van der Waals surface area contributed by atoms with E-state index in [1.165, 1.54) is 7.11 Å². The van der Waals surface area contributed by atoms with E-state index in [-0.39, 0.29) is 17.8 Å². The van der Waals surface area contributed by atoms with Gasteiger partial charge in [0.2, 0.25) is 0 Å². The Bertz CT molecular complexity index is 810. The summed E-state index contributed by atoms with van der Waals surface area (Å²) in [5, 5.41) is 5.09. The van der Waals surface area contributed by atoms with Gasteiger partial charge in [0.15, 0.2) is 0 Å². The standard InChI is InChI=1S/C19H22ClN3O3/c1-22-17(12-16(21-22)14-4-3-5-15(20)11-14)19(25)23-8-6-13(7-9-23)10-18(24)26-2/h3-5,11-13H,6-10H2,1-2H3. The largest absolute Gasteiger partial charge is 0.469 e. The van der Waals surface area contributed by atoms with Gasteiger partial charge in [0.25, 0.3) is 5.91 Å². The highest BCUT2D eigenvalue weighted by atomic mass is 35.5. The van der Waals surface area contributed by atoms with E-state index < -0.39 is 0 Å². The normalized spacial score (nSPS) is 15.1. The van der Waals surface area contributed by atoms with Gasteiger partial charge in [0.1, 0.15) is 5.69 Å². The van der Waals surface area contributed by atoms with Crippen molar-refractivity contribution >= 4 is 23.5 Å². The Balaban J connectivity index is 1.68. The molecule has 7 heteroatoms. The predicted molar refractivity (Wildman–Crippen MR) is 98.9 cm³/mol. The van der Waals surface area contributed by atoms with E-state index in [0.717, 1.165) is 24.1 Å². The number of amides is 1. The Morgan fingerprint density at radius 3 is 2.65 bits per heavy atom. The molecule has 2 heterocycles. The second-order valence-corrected chi connectivity index (χ2v) is 7.00. The van der Waals surface area contributed by atoms with Crippen molar-refractivity contribution in [2.24, 2.45) is 13.0 Å². The summed E-state index contributed by atoms with van der Waals surface area (Å²) in [6.45, 7) is 1.27. The third-order valence-corrected chi connectivity index (χ3v) is 5.04. The molecule has 0 radical (unpaired) electrons. The van der Waals surface area contributed by atoms with Crippen molar-refractivity contribution in [3.63, 3.8) is 0 Å². The van der Waals surface area contributed by atoms with E-state index in [2.05, 4.69) is 5.10 Å². The van der Waals surface area contributed by atoms with Crippen molar-refractivity contribution in [3.8, 4) is 11.3 Å². The lowest BCUT2D eigenvalue weighted by Gasteiger charge is -2.31. The molecule has 0 atom stereocenters. The summed E-state index contributed by atoms with van der Waals surface area (Å²) in [4.78, 5) is 26.1. The maximum atomic E-state index is 12.9. The highest BCUT2D eigenvalue weighted by Crippen LogP contribution is 2.25. The lowest BCUT2D eigenvalue weighted by atomic mass is 9.93. The van der Waals surface area contributed by atoms with Crippen LogP contribution < -0.4 is 0 Å². The smallest absolute Gasteiger partial charge is 0.305 e. The molecule has 1 aliphatic heterocycles. The van der Waals surface area contributed by atoms with E-state index in [9.17, 15) is 9.59 Å². The highest BCUT2D eigenvalue weighted by molar-refractivity contribution is 6.30. The second kappa shape index (κ2) is 7.91. The average Bonchev–Trinajstić information content (AvgIpc) is 3.03. The molecule has 6 nitrogen and oxygen atoms in total. The van der Waals surface area contributed by atoms with Crippen molar-refractivity contribution in [3.05, 3.63) is 41.0 Å². The van der Waals surface area contributed by atoms with Crippen molar-refractivity contribution in [2.45, 2.75) is 19.3 Å². The van der Waals surface area contributed by atoms with Crippen LogP contribution in [0.15, 0.2) is 30.3 Å². The van der Waals surface area contributed by atoms with Gasteiger partial charge in [-0.1, -0.05) is 23.7 Å². The van der Waals surface area contributed by atoms with Gasteiger partial charge in [-0.25, -0.2) is 0 Å². The molecule has 0 saturated carbocycles. The average molecular weight is 376 g/mol. The maximum absolute atomic E-state index is 12.9. The Hall–Kier alpha value is -2.34. The predicted octanol–water partition coefficient (Wildman–Crippen LogP) is 3.16. The molecule has 0 aliphatic carbocycles. The summed E-state index contributed by atoms with van der Waals surface area (Å²) in [6, 6.07) is 9.21. The van der Waals surface area contributed by atoms with Crippen LogP contribution in [0.2, 0.25) is 5.02 Å².